The highest BCUT2D eigenvalue weighted by Gasteiger charge is 2.30. The van der Waals surface area contributed by atoms with E-state index in [9.17, 15) is 9.59 Å². The van der Waals surface area contributed by atoms with Gasteiger partial charge in [0.1, 0.15) is 18.4 Å². The fourth-order valence-electron chi connectivity index (χ4n) is 2.80. The summed E-state index contributed by atoms with van der Waals surface area (Å²) >= 11 is 0. The predicted molar refractivity (Wildman–Crippen MR) is 85.6 cm³/mol. The Labute approximate surface area is 139 Å². The van der Waals surface area contributed by atoms with Gasteiger partial charge in [-0.1, -0.05) is 0 Å². The summed E-state index contributed by atoms with van der Waals surface area (Å²) in [5.41, 5.74) is 0.805. The Balaban J connectivity index is 1.59. The van der Waals surface area contributed by atoms with Crippen molar-refractivity contribution in [3.8, 4) is 0 Å². The number of piperidine rings is 1. The van der Waals surface area contributed by atoms with E-state index in [2.05, 4.69) is 20.4 Å². The lowest BCUT2D eigenvalue weighted by Crippen LogP contribution is -2.52. The second kappa shape index (κ2) is 7.20. The van der Waals surface area contributed by atoms with Gasteiger partial charge < -0.3 is 10.2 Å². The summed E-state index contributed by atoms with van der Waals surface area (Å²) in [5.74, 6) is 0.407. The second-order valence-corrected chi connectivity index (χ2v) is 5.82. The fraction of sp³-hybridized carbons (Fsp3) is 0.438. The van der Waals surface area contributed by atoms with Crippen molar-refractivity contribution >= 4 is 11.8 Å². The Kier molecular flexibility index (Phi) is 4.83. The summed E-state index contributed by atoms with van der Waals surface area (Å²) in [6.07, 6.45) is 6.53. The van der Waals surface area contributed by atoms with Gasteiger partial charge in [0.15, 0.2) is 0 Å². The van der Waals surface area contributed by atoms with Crippen LogP contribution in [0.2, 0.25) is 0 Å². The molecule has 1 atom stereocenters. The lowest BCUT2D eigenvalue weighted by molar-refractivity contribution is -0.139. The number of carbonyl (C=O) groups excluding carboxylic acids is 2. The van der Waals surface area contributed by atoms with Gasteiger partial charge in [-0.05, 0) is 31.9 Å². The number of likely N-dealkylation sites (tertiary alicyclic amines) is 1. The molecule has 0 aromatic carbocycles. The largest absolute Gasteiger partial charge is 0.343 e. The molecule has 8 nitrogen and oxygen atoms in total. The van der Waals surface area contributed by atoms with Crippen LogP contribution >= 0.6 is 0 Å². The first-order valence-corrected chi connectivity index (χ1v) is 7.96. The SMILES string of the molecule is Cc1nccc(CN2CCCC(NC(=O)Cn3cccn3)C2=O)n1. The topological polar surface area (TPSA) is 93.0 Å². The Hall–Kier alpha value is -2.77. The summed E-state index contributed by atoms with van der Waals surface area (Å²) in [5, 5.41) is 6.80. The lowest BCUT2D eigenvalue weighted by atomic mass is 10.0. The van der Waals surface area contributed by atoms with Crippen LogP contribution in [0.1, 0.15) is 24.4 Å². The van der Waals surface area contributed by atoms with Crippen molar-refractivity contribution in [1.82, 2.24) is 30.0 Å². The maximum absolute atomic E-state index is 12.6. The predicted octanol–water partition coefficient (Wildman–Crippen LogP) is 0.289. The zero-order valence-electron chi connectivity index (χ0n) is 13.6. The third-order valence-electron chi connectivity index (χ3n) is 3.92. The van der Waals surface area contributed by atoms with Gasteiger partial charge in [0, 0.05) is 25.1 Å². The number of aryl methyl sites for hydroxylation is 1. The molecule has 24 heavy (non-hydrogen) atoms. The average Bonchev–Trinajstić information content (AvgIpc) is 3.04. The number of carbonyl (C=O) groups is 2. The van der Waals surface area contributed by atoms with Crippen molar-refractivity contribution in [3.63, 3.8) is 0 Å². The van der Waals surface area contributed by atoms with Crippen LogP contribution in [0.15, 0.2) is 30.7 Å². The summed E-state index contributed by atoms with van der Waals surface area (Å²) in [6.45, 7) is 3.04. The molecule has 0 radical (unpaired) electrons. The van der Waals surface area contributed by atoms with Crippen molar-refractivity contribution in [1.29, 1.82) is 0 Å². The number of nitrogens with one attached hydrogen (secondary N) is 1. The smallest absolute Gasteiger partial charge is 0.245 e. The van der Waals surface area contributed by atoms with Crippen molar-refractivity contribution in [2.45, 2.75) is 38.9 Å². The van der Waals surface area contributed by atoms with Gasteiger partial charge in [-0.3, -0.25) is 14.3 Å². The molecule has 1 aliphatic heterocycles. The van der Waals surface area contributed by atoms with Gasteiger partial charge in [0.05, 0.1) is 12.2 Å². The van der Waals surface area contributed by atoms with E-state index in [4.69, 9.17) is 0 Å². The van der Waals surface area contributed by atoms with E-state index in [1.54, 1.807) is 35.6 Å². The summed E-state index contributed by atoms with van der Waals surface area (Å²) in [7, 11) is 0. The van der Waals surface area contributed by atoms with Crippen LogP contribution in [-0.2, 0) is 22.7 Å². The second-order valence-electron chi connectivity index (χ2n) is 5.82. The first-order valence-electron chi connectivity index (χ1n) is 7.96. The highest BCUT2D eigenvalue weighted by molar-refractivity contribution is 5.88. The molecule has 8 heteroatoms. The Morgan fingerprint density at radius 1 is 1.42 bits per heavy atom. The Morgan fingerprint density at radius 3 is 3.04 bits per heavy atom. The zero-order chi connectivity index (χ0) is 16.9. The molecule has 0 aliphatic carbocycles. The molecule has 1 unspecified atom stereocenters. The van der Waals surface area contributed by atoms with Gasteiger partial charge in [0.2, 0.25) is 11.8 Å². The molecule has 1 fully saturated rings. The molecule has 1 saturated heterocycles. The van der Waals surface area contributed by atoms with Crippen LogP contribution < -0.4 is 5.32 Å². The maximum Gasteiger partial charge on any atom is 0.245 e. The van der Waals surface area contributed by atoms with Crippen LogP contribution in [-0.4, -0.2) is 49.0 Å². The van der Waals surface area contributed by atoms with Crippen molar-refractivity contribution < 1.29 is 9.59 Å². The van der Waals surface area contributed by atoms with E-state index in [-0.39, 0.29) is 18.4 Å². The van der Waals surface area contributed by atoms with E-state index in [1.807, 2.05) is 6.92 Å². The van der Waals surface area contributed by atoms with E-state index in [1.165, 1.54) is 4.68 Å². The number of rotatable bonds is 5. The van der Waals surface area contributed by atoms with Gasteiger partial charge in [-0.2, -0.15) is 5.10 Å². The first kappa shape index (κ1) is 16.1. The standard InChI is InChI=1S/C16H20N6O2/c1-12-17-7-5-13(19-12)10-21-8-2-4-14(16(21)24)20-15(23)11-22-9-3-6-18-22/h3,5-7,9,14H,2,4,8,10-11H2,1H3,(H,20,23). The molecule has 2 aromatic rings. The van der Waals surface area contributed by atoms with Gasteiger partial charge >= 0.3 is 0 Å². The number of hydrogen-bond acceptors (Lipinski definition) is 5. The molecule has 3 rings (SSSR count). The number of amides is 2. The minimum absolute atomic E-state index is 0.0636. The molecular weight excluding hydrogens is 308 g/mol. The molecule has 0 saturated carbocycles. The zero-order valence-corrected chi connectivity index (χ0v) is 13.6. The molecule has 126 valence electrons. The van der Waals surface area contributed by atoms with Gasteiger partial charge in [-0.25, -0.2) is 9.97 Å². The van der Waals surface area contributed by atoms with Crippen molar-refractivity contribution in [3.05, 3.63) is 42.2 Å². The first-order chi connectivity index (χ1) is 11.6. The van der Waals surface area contributed by atoms with Crippen LogP contribution in [0.3, 0.4) is 0 Å². The Bertz CT molecular complexity index is 715. The maximum atomic E-state index is 12.6. The number of aromatic nitrogens is 4. The normalized spacial score (nSPS) is 17.8. The van der Waals surface area contributed by atoms with Crippen LogP contribution in [0.25, 0.3) is 0 Å². The number of hydrogen-bond donors (Lipinski definition) is 1. The van der Waals surface area contributed by atoms with Gasteiger partial charge in [0.25, 0.3) is 0 Å². The van der Waals surface area contributed by atoms with Crippen molar-refractivity contribution in [2.24, 2.45) is 0 Å². The highest BCUT2D eigenvalue weighted by atomic mass is 16.2. The van der Waals surface area contributed by atoms with Crippen molar-refractivity contribution in [2.75, 3.05) is 6.54 Å². The molecule has 0 bridgehead atoms. The quantitative estimate of drug-likeness (QED) is 0.851. The third-order valence-corrected chi connectivity index (χ3v) is 3.92. The Morgan fingerprint density at radius 2 is 2.29 bits per heavy atom. The van der Waals surface area contributed by atoms with E-state index in [0.717, 1.165) is 12.1 Å². The lowest BCUT2D eigenvalue weighted by Gasteiger charge is -2.32. The summed E-state index contributed by atoms with van der Waals surface area (Å²) in [6, 6.07) is 3.08. The average molecular weight is 328 g/mol. The van der Waals surface area contributed by atoms with Crippen LogP contribution in [0.4, 0.5) is 0 Å². The van der Waals surface area contributed by atoms with E-state index >= 15 is 0 Å². The summed E-state index contributed by atoms with van der Waals surface area (Å²) < 4.78 is 1.53. The molecule has 1 aliphatic rings. The molecular formula is C16H20N6O2. The van der Waals surface area contributed by atoms with Crippen LogP contribution in [0, 0.1) is 6.92 Å². The van der Waals surface area contributed by atoms with Crippen LogP contribution in [0.5, 0.6) is 0 Å². The number of nitrogens with zero attached hydrogens (tertiary/aromatic N) is 5. The minimum atomic E-state index is -0.482. The van der Waals surface area contributed by atoms with E-state index in [0.29, 0.717) is 25.3 Å². The minimum Gasteiger partial charge on any atom is -0.343 e. The molecule has 2 amide bonds. The third kappa shape index (κ3) is 3.95. The molecule has 3 heterocycles. The monoisotopic (exact) mass is 328 g/mol. The molecule has 0 spiro atoms. The highest BCUT2D eigenvalue weighted by Crippen LogP contribution is 2.14. The molecule has 1 N–H and O–H groups in total. The fourth-order valence-corrected chi connectivity index (χ4v) is 2.80. The van der Waals surface area contributed by atoms with E-state index < -0.39 is 6.04 Å². The molecule has 2 aromatic heterocycles. The summed E-state index contributed by atoms with van der Waals surface area (Å²) in [4.78, 5) is 34.8. The van der Waals surface area contributed by atoms with Gasteiger partial charge in [-0.15, -0.1) is 0 Å².